The SMILES string of the molecule is CC(C)S(=O)(=O)N1CCC(=C2CC2)CC1. The van der Waals surface area contributed by atoms with Gasteiger partial charge in [-0.3, -0.25) is 0 Å². The summed E-state index contributed by atoms with van der Waals surface area (Å²) < 4.78 is 25.4. The smallest absolute Gasteiger partial charge is 0.212 e. The van der Waals surface area contributed by atoms with E-state index in [2.05, 4.69) is 0 Å². The van der Waals surface area contributed by atoms with E-state index in [1.807, 2.05) is 0 Å². The molecule has 0 radical (unpaired) electrons. The molecule has 0 unspecified atom stereocenters. The minimum atomic E-state index is -3.02. The second kappa shape index (κ2) is 3.91. The first-order valence-electron chi connectivity index (χ1n) is 5.70. The molecule has 1 aliphatic heterocycles. The topological polar surface area (TPSA) is 37.4 Å². The average Bonchev–Trinajstić information content (AvgIpc) is 3.01. The molecule has 0 atom stereocenters. The highest BCUT2D eigenvalue weighted by atomic mass is 32.2. The van der Waals surface area contributed by atoms with E-state index in [-0.39, 0.29) is 5.25 Å². The fourth-order valence-corrected chi connectivity index (χ4v) is 3.37. The van der Waals surface area contributed by atoms with Crippen LogP contribution in [0.3, 0.4) is 0 Å². The third-order valence-corrected chi connectivity index (χ3v) is 5.56. The Morgan fingerprint density at radius 1 is 1.00 bits per heavy atom. The maximum Gasteiger partial charge on any atom is 0.216 e. The van der Waals surface area contributed by atoms with Gasteiger partial charge in [-0.2, -0.15) is 0 Å². The van der Waals surface area contributed by atoms with Gasteiger partial charge in [-0.05, 0) is 39.5 Å². The Morgan fingerprint density at radius 3 is 1.87 bits per heavy atom. The van der Waals surface area contributed by atoms with Crippen molar-refractivity contribution >= 4 is 10.0 Å². The molecule has 1 saturated carbocycles. The Bertz CT molecular complexity index is 365. The minimum absolute atomic E-state index is 0.285. The first-order valence-corrected chi connectivity index (χ1v) is 7.21. The van der Waals surface area contributed by atoms with Crippen LogP contribution in [0.25, 0.3) is 0 Å². The summed E-state index contributed by atoms with van der Waals surface area (Å²) in [5.41, 5.74) is 3.13. The summed E-state index contributed by atoms with van der Waals surface area (Å²) in [4.78, 5) is 0. The van der Waals surface area contributed by atoms with Crippen LogP contribution >= 0.6 is 0 Å². The molecule has 0 N–H and O–H groups in total. The summed E-state index contributed by atoms with van der Waals surface area (Å²) in [5, 5.41) is -0.285. The van der Waals surface area contributed by atoms with Crippen molar-refractivity contribution in [1.82, 2.24) is 4.31 Å². The van der Waals surface area contributed by atoms with Crippen LogP contribution in [0.15, 0.2) is 11.1 Å². The van der Waals surface area contributed by atoms with Gasteiger partial charge in [0.1, 0.15) is 0 Å². The van der Waals surface area contributed by atoms with Gasteiger partial charge in [0.15, 0.2) is 0 Å². The van der Waals surface area contributed by atoms with E-state index in [0.29, 0.717) is 13.1 Å². The van der Waals surface area contributed by atoms with Crippen LogP contribution in [0.4, 0.5) is 0 Å². The Balaban J connectivity index is 2.02. The predicted octanol–water partition coefficient (Wildman–Crippen LogP) is 1.91. The van der Waals surface area contributed by atoms with E-state index in [9.17, 15) is 8.42 Å². The van der Waals surface area contributed by atoms with E-state index < -0.39 is 10.0 Å². The number of nitrogens with zero attached hydrogens (tertiary/aromatic N) is 1. The number of piperidine rings is 1. The molecule has 4 heteroatoms. The quantitative estimate of drug-likeness (QED) is 0.678. The molecule has 1 saturated heterocycles. The van der Waals surface area contributed by atoms with Crippen molar-refractivity contribution in [2.45, 2.75) is 44.8 Å². The van der Waals surface area contributed by atoms with Crippen molar-refractivity contribution in [2.75, 3.05) is 13.1 Å². The highest BCUT2D eigenvalue weighted by Crippen LogP contribution is 2.36. The molecule has 0 bridgehead atoms. The maximum absolute atomic E-state index is 11.9. The van der Waals surface area contributed by atoms with Gasteiger partial charge in [-0.25, -0.2) is 12.7 Å². The lowest BCUT2D eigenvalue weighted by molar-refractivity contribution is 0.382. The number of hydrogen-bond acceptors (Lipinski definition) is 2. The van der Waals surface area contributed by atoms with Crippen molar-refractivity contribution in [1.29, 1.82) is 0 Å². The van der Waals surface area contributed by atoms with E-state index in [1.165, 1.54) is 18.4 Å². The average molecular weight is 229 g/mol. The zero-order valence-electron chi connectivity index (χ0n) is 9.49. The van der Waals surface area contributed by atoms with Gasteiger partial charge in [0.25, 0.3) is 0 Å². The van der Waals surface area contributed by atoms with Gasteiger partial charge in [-0.15, -0.1) is 0 Å². The molecule has 0 spiro atoms. The third-order valence-electron chi connectivity index (χ3n) is 3.28. The standard InChI is InChI=1S/C11H19NO2S/c1-9(2)15(13,14)12-7-5-11(6-8-12)10-3-4-10/h9H,3-8H2,1-2H3. The lowest BCUT2D eigenvalue weighted by Crippen LogP contribution is -2.40. The summed E-state index contributed by atoms with van der Waals surface area (Å²) in [6.45, 7) is 4.90. The van der Waals surface area contributed by atoms with Gasteiger partial charge in [0.2, 0.25) is 10.0 Å². The first kappa shape index (κ1) is 11.1. The predicted molar refractivity (Wildman–Crippen MR) is 61.1 cm³/mol. The van der Waals surface area contributed by atoms with Crippen molar-refractivity contribution in [3.8, 4) is 0 Å². The molecule has 1 aliphatic carbocycles. The first-order chi connectivity index (χ1) is 7.01. The molecular formula is C11H19NO2S. The summed E-state index contributed by atoms with van der Waals surface area (Å²) in [6.07, 6.45) is 4.43. The largest absolute Gasteiger partial charge is 0.216 e. The molecular weight excluding hydrogens is 210 g/mol. The number of sulfonamides is 1. The highest BCUT2D eigenvalue weighted by Gasteiger charge is 2.30. The van der Waals surface area contributed by atoms with Gasteiger partial charge >= 0.3 is 0 Å². The molecule has 0 aromatic rings. The maximum atomic E-state index is 11.9. The molecule has 2 aliphatic rings. The Hall–Kier alpha value is -0.350. The normalized spacial score (nSPS) is 23.7. The molecule has 1 heterocycles. The van der Waals surface area contributed by atoms with Gasteiger partial charge in [-0.1, -0.05) is 11.1 Å². The van der Waals surface area contributed by atoms with E-state index >= 15 is 0 Å². The fourth-order valence-electron chi connectivity index (χ4n) is 2.08. The summed E-state index contributed by atoms with van der Waals surface area (Å²) in [5.74, 6) is 0. The number of allylic oxidation sites excluding steroid dienone is 1. The van der Waals surface area contributed by atoms with Gasteiger partial charge in [0, 0.05) is 13.1 Å². The van der Waals surface area contributed by atoms with Gasteiger partial charge in [0.05, 0.1) is 5.25 Å². The molecule has 3 nitrogen and oxygen atoms in total. The van der Waals surface area contributed by atoms with Crippen LogP contribution in [0.2, 0.25) is 0 Å². The molecule has 2 rings (SSSR count). The summed E-state index contributed by atoms with van der Waals surface area (Å²) >= 11 is 0. The van der Waals surface area contributed by atoms with Crippen LogP contribution in [0.5, 0.6) is 0 Å². The number of hydrogen-bond donors (Lipinski definition) is 0. The number of rotatable bonds is 2. The monoisotopic (exact) mass is 229 g/mol. The zero-order chi connectivity index (χ0) is 11.1. The second-order valence-corrected chi connectivity index (χ2v) is 7.19. The summed E-state index contributed by atoms with van der Waals surface area (Å²) in [7, 11) is -3.02. The minimum Gasteiger partial charge on any atom is -0.212 e. The second-order valence-electron chi connectivity index (χ2n) is 4.70. The molecule has 15 heavy (non-hydrogen) atoms. The lowest BCUT2D eigenvalue weighted by atomic mass is 10.1. The van der Waals surface area contributed by atoms with Crippen molar-refractivity contribution in [3.05, 3.63) is 11.1 Å². The van der Waals surface area contributed by atoms with Crippen LogP contribution in [0, 0.1) is 0 Å². The third kappa shape index (κ3) is 2.26. The van der Waals surface area contributed by atoms with Gasteiger partial charge < -0.3 is 0 Å². The molecule has 0 aromatic carbocycles. The molecule has 0 aromatic heterocycles. The van der Waals surface area contributed by atoms with E-state index in [1.54, 1.807) is 23.7 Å². The fraction of sp³-hybridized carbons (Fsp3) is 0.818. The molecule has 2 fully saturated rings. The Labute approximate surface area is 92.2 Å². The zero-order valence-corrected chi connectivity index (χ0v) is 10.3. The van der Waals surface area contributed by atoms with Crippen molar-refractivity contribution < 1.29 is 8.42 Å². The van der Waals surface area contributed by atoms with Crippen LogP contribution in [-0.4, -0.2) is 31.1 Å². The Morgan fingerprint density at radius 2 is 1.47 bits per heavy atom. The Kier molecular flexibility index (Phi) is 2.90. The van der Waals surface area contributed by atoms with E-state index in [0.717, 1.165) is 12.8 Å². The van der Waals surface area contributed by atoms with Crippen LogP contribution in [0.1, 0.15) is 39.5 Å². The molecule has 0 amide bonds. The van der Waals surface area contributed by atoms with Crippen LogP contribution in [-0.2, 0) is 10.0 Å². The lowest BCUT2D eigenvalue weighted by Gasteiger charge is -2.29. The van der Waals surface area contributed by atoms with Crippen molar-refractivity contribution in [2.24, 2.45) is 0 Å². The summed E-state index contributed by atoms with van der Waals surface area (Å²) in [6, 6.07) is 0. The molecule has 86 valence electrons. The van der Waals surface area contributed by atoms with Crippen LogP contribution < -0.4 is 0 Å². The highest BCUT2D eigenvalue weighted by molar-refractivity contribution is 7.89. The van der Waals surface area contributed by atoms with Crippen molar-refractivity contribution in [3.63, 3.8) is 0 Å². The van der Waals surface area contributed by atoms with E-state index in [4.69, 9.17) is 0 Å².